The van der Waals surface area contributed by atoms with Crippen molar-refractivity contribution in [2.75, 3.05) is 13.2 Å². The van der Waals surface area contributed by atoms with E-state index in [-0.39, 0.29) is 19.0 Å². The first-order valence-corrected chi connectivity index (χ1v) is 8.20. The fraction of sp³-hybridized carbons (Fsp3) is 0.389. The molecule has 134 valence electrons. The summed E-state index contributed by atoms with van der Waals surface area (Å²) in [7, 11) is 0. The second-order valence-corrected chi connectivity index (χ2v) is 5.52. The quantitative estimate of drug-likeness (QED) is 0.583. The Kier molecular flexibility index (Phi) is 6.16. The zero-order valence-corrected chi connectivity index (χ0v) is 14.5. The van der Waals surface area contributed by atoms with Crippen molar-refractivity contribution in [2.45, 2.75) is 33.2 Å². The second-order valence-electron chi connectivity index (χ2n) is 5.52. The van der Waals surface area contributed by atoms with Crippen molar-refractivity contribution in [1.29, 1.82) is 0 Å². The highest BCUT2D eigenvalue weighted by atomic mass is 16.5. The Hall–Kier alpha value is -2.83. The molecule has 1 aliphatic rings. The van der Waals surface area contributed by atoms with Crippen LogP contribution in [0.5, 0.6) is 5.75 Å². The Bertz CT molecular complexity index is 694. The van der Waals surface area contributed by atoms with E-state index in [0.717, 1.165) is 0 Å². The van der Waals surface area contributed by atoms with Crippen molar-refractivity contribution in [1.82, 2.24) is 10.6 Å². The van der Waals surface area contributed by atoms with Crippen LogP contribution in [0.1, 0.15) is 37.6 Å². The monoisotopic (exact) mass is 346 g/mol. The summed E-state index contributed by atoms with van der Waals surface area (Å²) in [5.41, 5.74) is 1.31. The van der Waals surface area contributed by atoms with Crippen LogP contribution in [0.4, 0.5) is 4.79 Å². The van der Waals surface area contributed by atoms with Crippen LogP contribution in [-0.2, 0) is 9.53 Å². The predicted molar refractivity (Wildman–Crippen MR) is 91.3 cm³/mol. The maximum atomic E-state index is 12.1. The van der Waals surface area contributed by atoms with Crippen LogP contribution in [0.15, 0.2) is 35.5 Å². The van der Waals surface area contributed by atoms with Gasteiger partial charge in [-0.15, -0.1) is 0 Å². The number of nitrogens with one attached hydrogen (secondary N) is 2. The summed E-state index contributed by atoms with van der Waals surface area (Å²) in [6.45, 7) is 5.47. The lowest BCUT2D eigenvalue weighted by Crippen LogP contribution is -2.50. The van der Waals surface area contributed by atoms with Gasteiger partial charge in [0.2, 0.25) is 0 Å². The maximum absolute atomic E-state index is 12.1. The van der Waals surface area contributed by atoms with Crippen LogP contribution in [0.3, 0.4) is 0 Å². The Morgan fingerprint density at radius 3 is 2.44 bits per heavy atom. The average molecular weight is 346 g/mol. The van der Waals surface area contributed by atoms with Crippen LogP contribution in [0.25, 0.3) is 0 Å². The summed E-state index contributed by atoms with van der Waals surface area (Å²) >= 11 is 0. The van der Waals surface area contributed by atoms with Gasteiger partial charge in [0.1, 0.15) is 12.4 Å². The van der Waals surface area contributed by atoms with Gasteiger partial charge in [-0.25, -0.2) is 9.59 Å². The average Bonchev–Trinajstić information content (AvgIpc) is 2.59. The molecule has 1 aromatic carbocycles. The van der Waals surface area contributed by atoms with Gasteiger partial charge in [0.15, 0.2) is 5.78 Å². The highest BCUT2D eigenvalue weighted by Crippen LogP contribution is 2.18. The molecule has 0 aliphatic carbocycles. The molecule has 1 atom stereocenters. The molecular formula is C18H22N2O5. The van der Waals surface area contributed by atoms with Crippen molar-refractivity contribution in [3.05, 3.63) is 41.1 Å². The number of benzene rings is 1. The summed E-state index contributed by atoms with van der Waals surface area (Å²) in [5, 5.41) is 5.22. The van der Waals surface area contributed by atoms with Crippen LogP contribution in [-0.4, -0.2) is 37.0 Å². The number of carbonyl (C=O) groups is 3. The summed E-state index contributed by atoms with van der Waals surface area (Å²) in [6, 6.07) is 5.86. The van der Waals surface area contributed by atoms with Gasteiger partial charge in [0, 0.05) is 12.0 Å². The number of carbonyl (C=O) groups excluding carboxylic acids is 3. The minimum atomic E-state index is -0.495. The molecule has 1 aliphatic heterocycles. The lowest BCUT2D eigenvalue weighted by molar-refractivity contribution is -0.139. The molecule has 7 heteroatoms. The van der Waals surface area contributed by atoms with Crippen LogP contribution < -0.4 is 15.4 Å². The molecule has 2 rings (SSSR count). The van der Waals surface area contributed by atoms with Gasteiger partial charge < -0.3 is 20.1 Å². The van der Waals surface area contributed by atoms with E-state index in [0.29, 0.717) is 29.0 Å². The van der Waals surface area contributed by atoms with Crippen molar-refractivity contribution >= 4 is 17.8 Å². The topological polar surface area (TPSA) is 93.7 Å². The summed E-state index contributed by atoms with van der Waals surface area (Å²) < 4.78 is 10.7. The first-order chi connectivity index (χ1) is 12.0. The summed E-state index contributed by atoms with van der Waals surface area (Å²) in [6.07, 6.45) is 0.437. The molecule has 0 fully saturated rings. The zero-order valence-electron chi connectivity index (χ0n) is 14.5. The first-order valence-electron chi connectivity index (χ1n) is 8.20. The van der Waals surface area contributed by atoms with E-state index >= 15 is 0 Å². The highest BCUT2D eigenvalue weighted by molar-refractivity contribution is 5.96. The van der Waals surface area contributed by atoms with Gasteiger partial charge in [-0.1, -0.05) is 6.92 Å². The van der Waals surface area contributed by atoms with Crippen LogP contribution in [0, 0.1) is 0 Å². The van der Waals surface area contributed by atoms with E-state index < -0.39 is 18.0 Å². The molecule has 2 N–H and O–H groups in total. The molecule has 0 aromatic heterocycles. The Labute approximate surface area is 146 Å². The molecular weight excluding hydrogens is 324 g/mol. The number of Topliss-reactive ketones (excluding diaryl/α,β-unsaturated/α-hetero) is 1. The third-order valence-electron chi connectivity index (χ3n) is 3.75. The van der Waals surface area contributed by atoms with Crippen molar-refractivity contribution < 1.29 is 23.9 Å². The molecule has 25 heavy (non-hydrogen) atoms. The van der Waals surface area contributed by atoms with E-state index in [1.54, 1.807) is 45.0 Å². The third kappa shape index (κ3) is 4.59. The van der Waals surface area contributed by atoms with Crippen molar-refractivity contribution in [3.63, 3.8) is 0 Å². The number of esters is 1. The fourth-order valence-corrected chi connectivity index (χ4v) is 2.49. The molecule has 2 amide bonds. The number of urea groups is 1. The van der Waals surface area contributed by atoms with Gasteiger partial charge in [0.25, 0.3) is 0 Å². The number of hydrogen-bond acceptors (Lipinski definition) is 5. The summed E-state index contributed by atoms with van der Waals surface area (Å²) in [5.74, 6) is 0.0899. The minimum Gasteiger partial charge on any atom is -0.487 e. The first kappa shape index (κ1) is 18.5. The molecule has 7 nitrogen and oxygen atoms in total. The number of hydrogen-bond donors (Lipinski definition) is 2. The molecule has 0 radical (unpaired) electrons. The molecule has 0 saturated heterocycles. The van der Waals surface area contributed by atoms with Gasteiger partial charge in [-0.3, -0.25) is 4.79 Å². The molecule has 1 heterocycles. The third-order valence-corrected chi connectivity index (χ3v) is 3.75. The van der Waals surface area contributed by atoms with Crippen LogP contribution >= 0.6 is 0 Å². The normalized spacial score (nSPS) is 16.8. The highest BCUT2D eigenvalue weighted by Gasteiger charge is 2.29. The van der Waals surface area contributed by atoms with Crippen LogP contribution in [0.2, 0.25) is 0 Å². The molecule has 0 bridgehead atoms. The SMILES string of the molecule is CCOC(=O)C1=C(COc2ccc(C(=O)CC)cc2)NC(=O)N[C@H]1C. The van der Waals surface area contributed by atoms with E-state index in [4.69, 9.17) is 9.47 Å². The summed E-state index contributed by atoms with van der Waals surface area (Å²) in [4.78, 5) is 35.4. The van der Waals surface area contributed by atoms with Gasteiger partial charge >= 0.3 is 12.0 Å². The number of amides is 2. The van der Waals surface area contributed by atoms with E-state index in [9.17, 15) is 14.4 Å². The standard InChI is InChI=1S/C18H22N2O5/c1-4-15(21)12-6-8-13(9-7-12)25-10-14-16(17(22)24-5-2)11(3)19-18(23)20-14/h6-9,11H,4-5,10H2,1-3H3,(H2,19,20,23)/t11-/m0/s1. The van der Waals surface area contributed by atoms with E-state index in [1.807, 2.05) is 0 Å². The molecule has 1 aromatic rings. The fourth-order valence-electron chi connectivity index (χ4n) is 2.49. The smallest absolute Gasteiger partial charge is 0.338 e. The Balaban J connectivity index is 2.14. The minimum absolute atomic E-state index is 0.00692. The van der Waals surface area contributed by atoms with Gasteiger partial charge in [0.05, 0.1) is 23.9 Å². The predicted octanol–water partition coefficient (Wildman–Crippen LogP) is 2.18. The number of ether oxygens (including phenoxy) is 2. The number of ketones is 1. The lowest BCUT2D eigenvalue weighted by Gasteiger charge is -2.26. The Morgan fingerprint density at radius 2 is 1.84 bits per heavy atom. The molecule has 0 spiro atoms. The molecule has 0 saturated carbocycles. The lowest BCUT2D eigenvalue weighted by atomic mass is 10.0. The van der Waals surface area contributed by atoms with Gasteiger partial charge in [-0.05, 0) is 38.1 Å². The largest absolute Gasteiger partial charge is 0.487 e. The number of rotatable bonds is 7. The zero-order chi connectivity index (χ0) is 18.4. The van der Waals surface area contributed by atoms with Crippen molar-refractivity contribution in [3.8, 4) is 5.75 Å². The molecule has 0 unspecified atom stereocenters. The van der Waals surface area contributed by atoms with Crippen molar-refractivity contribution in [2.24, 2.45) is 0 Å². The van der Waals surface area contributed by atoms with E-state index in [1.165, 1.54) is 0 Å². The maximum Gasteiger partial charge on any atom is 0.338 e. The van der Waals surface area contributed by atoms with Gasteiger partial charge in [-0.2, -0.15) is 0 Å². The second kappa shape index (κ2) is 8.32. The Morgan fingerprint density at radius 1 is 1.16 bits per heavy atom. The van der Waals surface area contributed by atoms with E-state index in [2.05, 4.69) is 10.6 Å².